The van der Waals surface area contributed by atoms with E-state index >= 15 is 0 Å². The molecule has 49 heavy (non-hydrogen) atoms. The fraction of sp³-hybridized carbons (Fsp3) is 0.282. The second kappa shape index (κ2) is 12.4. The van der Waals surface area contributed by atoms with E-state index in [1.807, 2.05) is 45.9 Å². The lowest BCUT2D eigenvalue weighted by Crippen LogP contribution is -2.24. The van der Waals surface area contributed by atoms with Crippen molar-refractivity contribution in [2.45, 2.75) is 66.0 Å². The highest BCUT2D eigenvalue weighted by Crippen LogP contribution is 2.51. The molecule has 248 valence electrons. The number of hydrogen-bond acceptors (Lipinski definition) is 7. The Kier molecular flexibility index (Phi) is 8.19. The molecule has 0 bridgehead atoms. The highest BCUT2D eigenvalue weighted by molar-refractivity contribution is 6.35. The van der Waals surface area contributed by atoms with Gasteiger partial charge in [-0.1, -0.05) is 56.3 Å². The number of carboxylic acid groups (broad SMARTS) is 1. The summed E-state index contributed by atoms with van der Waals surface area (Å²) in [7, 11) is 0. The predicted molar refractivity (Wildman–Crippen MR) is 195 cm³/mol. The van der Waals surface area contributed by atoms with Crippen LogP contribution < -0.4 is 4.74 Å². The van der Waals surface area contributed by atoms with Gasteiger partial charge in [0.05, 0.1) is 5.52 Å². The van der Waals surface area contributed by atoms with Crippen molar-refractivity contribution in [1.29, 1.82) is 5.41 Å². The SMILES string of the molecule is C=Cc1nc(C)c2cc(C3CC3)c(-c3c(C)ccc(C)c3C=N)c(OCc3ccc4c(c3)nc(Cl)c3nn(C(C(=O)O)C(C)C)cc34)c2n1. The van der Waals surface area contributed by atoms with Crippen LogP contribution in [-0.4, -0.2) is 42.0 Å². The number of aliphatic carboxylic acids is 1. The molecule has 3 aromatic heterocycles. The third kappa shape index (κ3) is 5.61. The summed E-state index contributed by atoms with van der Waals surface area (Å²) in [5.41, 5.74) is 9.60. The summed E-state index contributed by atoms with van der Waals surface area (Å²) in [5.74, 6) is 0.419. The summed E-state index contributed by atoms with van der Waals surface area (Å²) in [6.07, 6.45) is 6.99. The van der Waals surface area contributed by atoms with E-state index in [1.54, 1.807) is 12.3 Å². The van der Waals surface area contributed by atoms with Crippen LogP contribution in [-0.2, 0) is 11.4 Å². The quantitative estimate of drug-likeness (QED) is 0.110. The van der Waals surface area contributed by atoms with Gasteiger partial charge in [0.25, 0.3) is 0 Å². The number of pyridine rings is 1. The molecule has 2 N–H and O–H groups in total. The molecule has 6 aromatic rings. The predicted octanol–water partition coefficient (Wildman–Crippen LogP) is 9.15. The average molecular weight is 673 g/mol. The minimum absolute atomic E-state index is 0.178. The molecule has 1 saturated carbocycles. The summed E-state index contributed by atoms with van der Waals surface area (Å²) in [6, 6.07) is 11.4. The van der Waals surface area contributed by atoms with Crippen LogP contribution in [0.4, 0.5) is 0 Å². The molecule has 0 radical (unpaired) electrons. The summed E-state index contributed by atoms with van der Waals surface area (Å²) < 4.78 is 8.34. The normalized spacial score (nSPS) is 13.8. The number of aromatic nitrogens is 5. The Labute approximate surface area is 289 Å². The van der Waals surface area contributed by atoms with Crippen molar-refractivity contribution >= 4 is 62.6 Å². The first kappa shape index (κ1) is 32.4. The van der Waals surface area contributed by atoms with Gasteiger partial charge in [0.2, 0.25) is 0 Å². The van der Waals surface area contributed by atoms with E-state index in [4.69, 9.17) is 26.7 Å². The number of hydrogen-bond donors (Lipinski definition) is 2. The molecular weight excluding hydrogens is 636 g/mol. The zero-order valence-corrected chi connectivity index (χ0v) is 28.9. The molecule has 0 spiro atoms. The van der Waals surface area contributed by atoms with Crippen molar-refractivity contribution in [3.63, 3.8) is 0 Å². The van der Waals surface area contributed by atoms with Crippen molar-refractivity contribution in [2.24, 2.45) is 5.92 Å². The zero-order chi connectivity index (χ0) is 34.7. The van der Waals surface area contributed by atoms with Gasteiger partial charge < -0.3 is 15.3 Å². The molecular formula is C39H37ClN6O3. The Morgan fingerprint density at radius 3 is 2.47 bits per heavy atom. The maximum atomic E-state index is 12.0. The molecule has 0 saturated heterocycles. The number of carboxylic acids is 1. The Morgan fingerprint density at radius 1 is 1.04 bits per heavy atom. The zero-order valence-electron chi connectivity index (χ0n) is 28.1. The Hall–Kier alpha value is -5.15. The molecule has 3 heterocycles. The second-order valence-electron chi connectivity index (χ2n) is 13.3. The minimum Gasteiger partial charge on any atom is -0.486 e. The number of aryl methyl sites for hydroxylation is 3. The van der Waals surface area contributed by atoms with Gasteiger partial charge in [0.1, 0.15) is 17.6 Å². The third-order valence-electron chi connectivity index (χ3n) is 9.50. The molecule has 7 rings (SSSR count). The Balaban J connectivity index is 1.39. The lowest BCUT2D eigenvalue weighted by molar-refractivity contribution is -0.142. The third-order valence-corrected chi connectivity index (χ3v) is 9.76. The topological polar surface area (TPSA) is 127 Å². The van der Waals surface area contributed by atoms with Gasteiger partial charge >= 0.3 is 5.97 Å². The van der Waals surface area contributed by atoms with Crippen molar-refractivity contribution in [3.05, 3.63) is 93.7 Å². The highest BCUT2D eigenvalue weighted by Gasteiger charge is 2.32. The molecule has 1 unspecified atom stereocenters. The average Bonchev–Trinajstić information content (AvgIpc) is 3.82. The summed E-state index contributed by atoms with van der Waals surface area (Å²) in [6.45, 7) is 13.9. The van der Waals surface area contributed by atoms with Crippen LogP contribution in [0.1, 0.15) is 78.0 Å². The van der Waals surface area contributed by atoms with E-state index in [0.717, 1.165) is 68.1 Å². The largest absolute Gasteiger partial charge is 0.486 e. The van der Waals surface area contributed by atoms with Crippen LogP contribution in [0.2, 0.25) is 5.15 Å². The Bertz CT molecular complexity index is 2360. The van der Waals surface area contributed by atoms with E-state index in [9.17, 15) is 9.90 Å². The molecule has 0 amide bonds. The molecule has 1 aliphatic carbocycles. The number of benzene rings is 3. The van der Waals surface area contributed by atoms with Gasteiger partial charge in [0.15, 0.2) is 22.8 Å². The molecule has 3 aromatic carbocycles. The summed E-state index contributed by atoms with van der Waals surface area (Å²) >= 11 is 6.64. The first-order chi connectivity index (χ1) is 23.5. The van der Waals surface area contributed by atoms with Crippen LogP contribution in [0.25, 0.3) is 49.9 Å². The van der Waals surface area contributed by atoms with Crippen LogP contribution >= 0.6 is 11.6 Å². The number of rotatable bonds is 10. The maximum Gasteiger partial charge on any atom is 0.328 e. The van der Waals surface area contributed by atoms with Crippen LogP contribution in [0.5, 0.6) is 5.75 Å². The second-order valence-corrected chi connectivity index (χ2v) is 13.6. The van der Waals surface area contributed by atoms with Crippen molar-refractivity contribution < 1.29 is 14.6 Å². The molecule has 9 nitrogen and oxygen atoms in total. The lowest BCUT2D eigenvalue weighted by atomic mass is 9.86. The van der Waals surface area contributed by atoms with Gasteiger partial charge in [-0.15, -0.1) is 0 Å². The standard InChI is InChI=1S/C39H37ClN6O3/c1-7-31-42-22(6)26-15-27(24-11-12-24)33(32-21(5)9-8-20(4)28(32)16-41)37(34(26)44-31)49-18-23-10-13-25-29-17-46(36(19(2)3)39(47)48)45-35(29)38(40)43-30(25)14-23/h7-10,13-17,19,24,36,41H,1,11-12,18H2,2-6H3,(H,47,48). The highest BCUT2D eigenvalue weighted by atomic mass is 35.5. The van der Waals surface area contributed by atoms with Crippen LogP contribution in [0, 0.1) is 32.1 Å². The minimum atomic E-state index is -0.956. The number of fused-ring (bicyclic) bond motifs is 4. The maximum absolute atomic E-state index is 12.0. The van der Waals surface area contributed by atoms with Crippen molar-refractivity contribution in [3.8, 4) is 16.9 Å². The molecule has 0 aliphatic heterocycles. The van der Waals surface area contributed by atoms with Gasteiger partial charge in [-0.3, -0.25) is 4.68 Å². The molecule has 1 fully saturated rings. The molecule has 10 heteroatoms. The van der Waals surface area contributed by atoms with E-state index in [1.165, 1.54) is 16.5 Å². The van der Waals surface area contributed by atoms with Crippen molar-refractivity contribution in [2.75, 3.05) is 0 Å². The van der Waals surface area contributed by atoms with E-state index in [-0.39, 0.29) is 17.7 Å². The van der Waals surface area contributed by atoms with Gasteiger partial charge in [-0.2, -0.15) is 5.10 Å². The number of halogens is 1. The summed E-state index contributed by atoms with van der Waals surface area (Å²) in [4.78, 5) is 26.3. The van der Waals surface area contributed by atoms with Crippen molar-refractivity contribution in [1.82, 2.24) is 24.7 Å². The first-order valence-corrected chi connectivity index (χ1v) is 16.8. The van der Waals surface area contributed by atoms with Crippen LogP contribution in [0.15, 0.2) is 49.2 Å². The smallest absolute Gasteiger partial charge is 0.328 e. The number of carbonyl (C=O) groups is 1. The lowest BCUT2D eigenvalue weighted by Gasteiger charge is -2.22. The number of nitrogens with one attached hydrogen (secondary N) is 1. The molecule has 1 aliphatic rings. The number of ether oxygens (including phenoxy) is 1. The fourth-order valence-electron chi connectivity index (χ4n) is 6.87. The molecule has 1 atom stereocenters. The van der Waals surface area contributed by atoms with Crippen LogP contribution in [0.3, 0.4) is 0 Å². The van der Waals surface area contributed by atoms with Gasteiger partial charge in [-0.05, 0) is 91.5 Å². The van der Waals surface area contributed by atoms with E-state index in [2.05, 4.69) is 46.8 Å². The Morgan fingerprint density at radius 2 is 1.80 bits per heavy atom. The van der Waals surface area contributed by atoms with Gasteiger partial charge in [-0.25, -0.2) is 19.7 Å². The number of nitrogens with zero attached hydrogens (tertiary/aromatic N) is 5. The summed E-state index contributed by atoms with van der Waals surface area (Å²) in [5, 5.41) is 25.5. The fourth-order valence-corrected chi connectivity index (χ4v) is 7.10. The first-order valence-electron chi connectivity index (χ1n) is 16.4. The van der Waals surface area contributed by atoms with E-state index < -0.39 is 12.0 Å². The monoisotopic (exact) mass is 672 g/mol. The van der Waals surface area contributed by atoms with E-state index in [0.29, 0.717) is 34.0 Å². The van der Waals surface area contributed by atoms with Gasteiger partial charge in [0, 0.05) is 45.4 Å².